The molecule has 0 amide bonds. The van der Waals surface area contributed by atoms with Crippen molar-refractivity contribution in [3.05, 3.63) is 0 Å². The largest absolute Gasteiger partial charge is 0.315 e. The van der Waals surface area contributed by atoms with Gasteiger partial charge in [-0.2, -0.15) is 0 Å². The fourth-order valence-corrected chi connectivity index (χ4v) is 2.75. The van der Waals surface area contributed by atoms with E-state index in [9.17, 15) is 8.42 Å². The smallest absolute Gasteiger partial charge is 0.155 e. The maximum atomic E-state index is 11.9. The van der Waals surface area contributed by atoms with E-state index >= 15 is 0 Å². The Labute approximate surface area is 107 Å². The minimum absolute atomic E-state index is 0.305. The van der Waals surface area contributed by atoms with Crippen molar-refractivity contribution in [3.8, 4) is 0 Å². The molecule has 0 saturated carbocycles. The monoisotopic (exact) mass is 263 g/mol. The summed E-state index contributed by atoms with van der Waals surface area (Å²) in [5.41, 5.74) is 0. The molecule has 0 aliphatic carbocycles. The van der Waals surface area contributed by atoms with Gasteiger partial charge in [0.25, 0.3) is 0 Å². The molecule has 1 atom stereocenters. The van der Waals surface area contributed by atoms with E-state index < -0.39 is 14.6 Å². The Balaban J connectivity index is 3.97. The quantitative estimate of drug-likeness (QED) is 0.768. The number of hydrogen-bond donors (Lipinski definition) is 1. The van der Waals surface area contributed by atoms with Crippen LogP contribution in [0.5, 0.6) is 0 Å². The summed E-state index contributed by atoms with van der Waals surface area (Å²) in [6.07, 6.45) is 1.80. The minimum Gasteiger partial charge on any atom is -0.315 e. The van der Waals surface area contributed by atoms with Crippen molar-refractivity contribution in [2.45, 2.75) is 65.2 Å². The number of rotatable bonds is 7. The van der Waals surface area contributed by atoms with Crippen LogP contribution >= 0.6 is 0 Å². The fraction of sp³-hybridized carbons (Fsp3) is 1.00. The summed E-state index contributed by atoms with van der Waals surface area (Å²) >= 11 is 0. The van der Waals surface area contributed by atoms with E-state index in [0.29, 0.717) is 17.7 Å². The molecule has 0 aliphatic heterocycles. The van der Waals surface area contributed by atoms with Crippen molar-refractivity contribution in [3.63, 3.8) is 0 Å². The van der Waals surface area contributed by atoms with Gasteiger partial charge in [-0.1, -0.05) is 20.8 Å². The van der Waals surface area contributed by atoms with Crippen LogP contribution in [-0.4, -0.2) is 31.5 Å². The van der Waals surface area contributed by atoms with Gasteiger partial charge in [-0.3, -0.25) is 0 Å². The first-order chi connectivity index (χ1) is 7.56. The van der Waals surface area contributed by atoms with Crippen LogP contribution in [0.2, 0.25) is 0 Å². The number of nitrogens with one attached hydrogen (secondary N) is 1. The fourth-order valence-electron chi connectivity index (χ4n) is 1.43. The van der Waals surface area contributed by atoms with E-state index in [2.05, 4.69) is 26.1 Å². The SMILES string of the molecule is CC(CCNC(C)C)CCS(=O)(=O)C(C)(C)C. The first-order valence-electron chi connectivity index (χ1n) is 6.52. The van der Waals surface area contributed by atoms with Gasteiger partial charge in [0.15, 0.2) is 9.84 Å². The Morgan fingerprint density at radius 2 is 1.59 bits per heavy atom. The molecular formula is C13H29NO2S. The molecule has 1 N–H and O–H groups in total. The molecule has 0 saturated heterocycles. The molecule has 0 aromatic heterocycles. The Hall–Kier alpha value is -0.0900. The number of hydrogen-bond acceptors (Lipinski definition) is 3. The van der Waals surface area contributed by atoms with Crippen LogP contribution in [0.4, 0.5) is 0 Å². The Morgan fingerprint density at radius 1 is 1.06 bits per heavy atom. The molecule has 104 valence electrons. The van der Waals surface area contributed by atoms with Gasteiger partial charge in [0.1, 0.15) is 0 Å². The Morgan fingerprint density at radius 3 is 2.00 bits per heavy atom. The van der Waals surface area contributed by atoms with Crippen LogP contribution in [0.3, 0.4) is 0 Å². The van der Waals surface area contributed by atoms with E-state index in [1.165, 1.54) is 0 Å². The molecular weight excluding hydrogens is 234 g/mol. The zero-order valence-corrected chi connectivity index (χ0v) is 13.0. The van der Waals surface area contributed by atoms with Gasteiger partial charge >= 0.3 is 0 Å². The summed E-state index contributed by atoms with van der Waals surface area (Å²) in [6.45, 7) is 12.6. The highest BCUT2D eigenvalue weighted by atomic mass is 32.2. The van der Waals surface area contributed by atoms with Crippen LogP contribution < -0.4 is 5.32 Å². The van der Waals surface area contributed by atoms with Gasteiger partial charge in [0.05, 0.1) is 10.5 Å². The third kappa shape index (κ3) is 7.04. The summed E-state index contributed by atoms with van der Waals surface area (Å²) in [5.74, 6) is 0.762. The van der Waals surface area contributed by atoms with Gasteiger partial charge in [0.2, 0.25) is 0 Å². The van der Waals surface area contributed by atoms with Crippen molar-refractivity contribution >= 4 is 9.84 Å². The molecule has 17 heavy (non-hydrogen) atoms. The van der Waals surface area contributed by atoms with Gasteiger partial charge in [0, 0.05) is 6.04 Å². The molecule has 1 unspecified atom stereocenters. The van der Waals surface area contributed by atoms with Crippen molar-refractivity contribution in [1.82, 2.24) is 5.32 Å². The van der Waals surface area contributed by atoms with E-state index in [0.717, 1.165) is 19.4 Å². The second-order valence-electron chi connectivity index (χ2n) is 6.22. The van der Waals surface area contributed by atoms with E-state index in [4.69, 9.17) is 0 Å². The zero-order chi connectivity index (χ0) is 13.7. The summed E-state index contributed by atoms with van der Waals surface area (Å²) in [7, 11) is -2.95. The van der Waals surface area contributed by atoms with E-state index in [1.54, 1.807) is 20.8 Å². The van der Waals surface area contributed by atoms with E-state index in [-0.39, 0.29) is 0 Å². The highest BCUT2D eigenvalue weighted by Crippen LogP contribution is 2.19. The standard InChI is InChI=1S/C13H29NO2S/c1-11(2)14-9-7-12(3)8-10-17(15,16)13(4,5)6/h11-12,14H,7-10H2,1-6H3. The van der Waals surface area contributed by atoms with Gasteiger partial charge in [-0.15, -0.1) is 0 Å². The average Bonchev–Trinajstić information content (AvgIpc) is 2.12. The van der Waals surface area contributed by atoms with Crippen LogP contribution in [0.15, 0.2) is 0 Å². The third-order valence-electron chi connectivity index (χ3n) is 3.00. The molecule has 3 nitrogen and oxygen atoms in total. The maximum Gasteiger partial charge on any atom is 0.155 e. The summed E-state index contributed by atoms with van der Waals surface area (Å²) < 4.78 is 23.2. The van der Waals surface area contributed by atoms with Gasteiger partial charge in [-0.05, 0) is 46.1 Å². The predicted molar refractivity (Wildman–Crippen MR) is 75.1 cm³/mol. The predicted octanol–water partition coefficient (Wildman–Crippen LogP) is 2.61. The molecule has 0 radical (unpaired) electrons. The molecule has 0 aromatic carbocycles. The average molecular weight is 263 g/mol. The lowest BCUT2D eigenvalue weighted by Gasteiger charge is -2.20. The van der Waals surface area contributed by atoms with Gasteiger partial charge < -0.3 is 5.32 Å². The highest BCUT2D eigenvalue weighted by molar-refractivity contribution is 7.92. The second kappa shape index (κ2) is 6.74. The maximum absolute atomic E-state index is 11.9. The molecule has 0 rings (SSSR count). The van der Waals surface area contributed by atoms with Crippen molar-refractivity contribution < 1.29 is 8.42 Å². The lowest BCUT2D eigenvalue weighted by atomic mass is 10.1. The molecule has 0 heterocycles. The first kappa shape index (κ1) is 16.9. The van der Waals surface area contributed by atoms with Crippen molar-refractivity contribution in [1.29, 1.82) is 0 Å². The normalized spacial score (nSPS) is 15.2. The first-order valence-corrected chi connectivity index (χ1v) is 8.17. The van der Waals surface area contributed by atoms with Crippen LogP contribution in [-0.2, 0) is 9.84 Å². The molecule has 4 heteroatoms. The second-order valence-corrected chi connectivity index (χ2v) is 9.09. The molecule has 0 aliphatic rings. The van der Waals surface area contributed by atoms with Crippen LogP contribution in [0.25, 0.3) is 0 Å². The van der Waals surface area contributed by atoms with Crippen LogP contribution in [0.1, 0.15) is 54.4 Å². The van der Waals surface area contributed by atoms with Crippen molar-refractivity contribution in [2.24, 2.45) is 5.92 Å². The lowest BCUT2D eigenvalue weighted by molar-refractivity contribution is 0.463. The summed E-state index contributed by atoms with van der Waals surface area (Å²) in [4.78, 5) is 0. The molecule has 0 aromatic rings. The Bertz CT molecular complexity index is 302. The van der Waals surface area contributed by atoms with Crippen LogP contribution in [0, 0.1) is 5.92 Å². The van der Waals surface area contributed by atoms with Gasteiger partial charge in [-0.25, -0.2) is 8.42 Å². The van der Waals surface area contributed by atoms with E-state index in [1.807, 2.05) is 0 Å². The third-order valence-corrected chi connectivity index (χ3v) is 5.64. The molecule has 0 fully saturated rings. The Kier molecular flexibility index (Phi) is 6.70. The lowest BCUT2D eigenvalue weighted by Crippen LogP contribution is -2.31. The molecule has 0 spiro atoms. The summed E-state index contributed by atoms with van der Waals surface area (Å²) in [6, 6.07) is 0.500. The zero-order valence-electron chi connectivity index (χ0n) is 12.2. The topological polar surface area (TPSA) is 46.2 Å². The van der Waals surface area contributed by atoms with Crippen molar-refractivity contribution in [2.75, 3.05) is 12.3 Å². The number of sulfone groups is 1. The highest BCUT2D eigenvalue weighted by Gasteiger charge is 2.28. The minimum atomic E-state index is -2.95. The summed E-state index contributed by atoms with van der Waals surface area (Å²) in [5, 5.41) is 3.35. The molecule has 0 bridgehead atoms.